The number of rotatable bonds is 6. The van der Waals surface area contributed by atoms with Gasteiger partial charge >= 0.3 is 6.43 Å². The van der Waals surface area contributed by atoms with Gasteiger partial charge in [-0.25, -0.2) is 4.39 Å². The Morgan fingerprint density at radius 2 is 1.81 bits per heavy atom. The molecule has 2 aromatic carbocycles. The van der Waals surface area contributed by atoms with Crippen LogP contribution in [0.4, 0.5) is 24.5 Å². The van der Waals surface area contributed by atoms with Crippen LogP contribution in [0.2, 0.25) is 0 Å². The highest BCUT2D eigenvalue weighted by molar-refractivity contribution is 5.95. The number of nitrogens with one attached hydrogen (secondary N) is 1. The Kier molecular flexibility index (Phi) is 6.36. The molecule has 0 unspecified atom stereocenters. The van der Waals surface area contributed by atoms with Crippen LogP contribution >= 0.6 is 0 Å². The monoisotopic (exact) mass is 495 g/mol. The summed E-state index contributed by atoms with van der Waals surface area (Å²) in [7, 11) is 0. The van der Waals surface area contributed by atoms with Crippen LogP contribution in [0, 0.1) is 5.82 Å². The minimum atomic E-state index is -3.05. The number of carbonyl (C=O) groups excluding carboxylic acids is 1. The Bertz CT molecular complexity index is 1370. The third kappa shape index (κ3) is 4.90. The molecule has 4 aromatic rings. The number of hydrogen-bond donors (Lipinski definition) is 2. The number of fused-ring (bicyclic) bond motifs is 1. The second-order valence-corrected chi connectivity index (χ2v) is 8.96. The molecule has 186 valence electrons. The highest BCUT2D eigenvalue weighted by Gasteiger charge is 2.37. The van der Waals surface area contributed by atoms with Crippen molar-refractivity contribution in [1.29, 1.82) is 0 Å². The van der Waals surface area contributed by atoms with Crippen LogP contribution in [0.5, 0.6) is 0 Å². The molecule has 1 fully saturated rings. The van der Waals surface area contributed by atoms with E-state index in [1.54, 1.807) is 29.2 Å². The largest absolute Gasteiger partial charge is 0.388 e. The number of aliphatic hydroxyl groups is 1. The van der Waals surface area contributed by atoms with E-state index in [9.17, 15) is 23.1 Å². The van der Waals surface area contributed by atoms with Gasteiger partial charge in [-0.1, -0.05) is 0 Å². The van der Waals surface area contributed by atoms with Gasteiger partial charge in [-0.2, -0.15) is 13.9 Å². The average Bonchev–Trinajstić information content (AvgIpc) is 3.23. The zero-order valence-electron chi connectivity index (χ0n) is 19.2. The lowest BCUT2D eigenvalue weighted by Crippen LogP contribution is -2.50. The molecule has 1 amide bonds. The first kappa shape index (κ1) is 23.8. The Morgan fingerprint density at radius 3 is 2.47 bits per heavy atom. The number of piperidine rings is 1. The number of anilines is 2. The molecule has 1 saturated heterocycles. The molecule has 0 aliphatic carbocycles. The Hall–Kier alpha value is -3.92. The lowest BCUT2D eigenvalue weighted by Gasteiger charge is -2.38. The molecule has 10 heteroatoms. The number of amides is 1. The number of hydrogen-bond acceptors (Lipinski definition) is 5. The van der Waals surface area contributed by atoms with Crippen molar-refractivity contribution >= 4 is 28.2 Å². The second-order valence-electron chi connectivity index (χ2n) is 8.96. The molecule has 1 aliphatic heterocycles. The fourth-order valence-corrected chi connectivity index (χ4v) is 4.51. The predicted octanol–water partition coefficient (Wildman–Crippen LogP) is 4.60. The second kappa shape index (κ2) is 9.62. The third-order valence-electron chi connectivity index (χ3n) is 6.45. The van der Waals surface area contributed by atoms with Crippen LogP contribution in [0.15, 0.2) is 67.0 Å². The summed E-state index contributed by atoms with van der Waals surface area (Å²) in [6.07, 6.45) is 0.654. The maximum absolute atomic E-state index is 13.3. The Labute approximate surface area is 205 Å². The first-order chi connectivity index (χ1) is 17.3. The molecule has 0 radical (unpaired) electrons. The van der Waals surface area contributed by atoms with Gasteiger partial charge in [0.1, 0.15) is 11.5 Å². The number of benzene rings is 2. The quantitative estimate of drug-likeness (QED) is 0.409. The van der Waals surface area contributed by atoms with Crippen molar-refractivity contribution in [3.8, 4) is 11.3 Å². The zero-order chi connectivity index (χ0) is 25.3. The standard InChI is InChI=1S/C26H24F3N5O2/c27-18-3-5-19(6-4-18)31-20-7-8-22-21(14-20)23(17-2-1-11-30-15-17)32-34(22)16-26(36)9-12-33(13-10-26)25(35)24(28)29/h1-8,11,14-15,24,31,36H,9-10,12-13,16H2. The van der Waals surface area contributed by atoms with Crippen molar-refractivity contribution in [3.63, 3.8) is 0 Å². The van der Waals surface area contributed by atoms with Crippen molar-refractivity contribution in [2.45, 2.75) is 31.4 Å². The van der Waals surface area contributed by atoms with Crippen molar-refractivity contribution in [3.05, 3.63) is 72.8 Å². The van der Waals surface area contributed by atoms with Gasteiger partial charge in [0.15, 0.2) is 0 Å². The van der Waals surface area contributed by atoms with Crippen molar-refractivity contribution in [2.75, 3.05) is 18.4 Å². The van der Waals surface area contributed by atoms with Gasteiger partial charge in [0, 0.05) is 47.8 Å². The van der Waals surface area contributed by atoms with Crippen molar-refractivity contribution in [2.24, 2.45) is 0 Å². The number of pyridine rings is 1. The van der Waals surface area contributed by atoms with Crippen LogP contribution in [-0.4, -0.2) is 55.8 Å². The molecule has 1 aliphatic rings. The summed E-state index contributed by atoms with van der Waals surface area (Å²) in [5.41, 5.74) is 2.55. The lowest BCUT2D eigenvalue weighted by atomic mass is 9.91. The molecule has 0 spiro atoms. The van der Waals surface area contributed by atoms with Gasteiger partial charge in [0.2, 0.25) is 0 Å². The molecule has 2 aromatic heterocycles. The number of likely N-dealkylation sites (tertiary alicyclic amines) is 1. The van der Waals surface area contributed by atoms with Gasteiger partial charge in [0.05, 0.1) is 17.7 Å². The third-order valence-corrected chi connectivity index (χ3v) is 6.45. The first-order valence-electron chi connectivity index (χ1n) is 11.5. The summed E-state index contributed by atoms with van der Waals surface area (Å²) in [6, 6.07) is 15.4. The van der Waals surface area contributed by atoms with Crippen molar-refractivity contribution < 1.29 is 23.1 Å². The number of alkyl halides is 2. The Balaban J connectivity index is 1.46. The van der Waals surface area contributed by atoms with Crippen LogP contribution in [-0.2, 0) is 11.3 Å². The summed E-state index contributed by atoms with van der Waals surface area (Å²) in [6.45, 7) is 0.255. The number of nitrogens with zero attached hydrogens (tertiary/aromatic N) is 4. The van der Waals surface area contributed by atoms with Gasteiger partial charge in [-0.15, -0.1) is 0 Å². The summed E-state index contributed by atoms with van der Waals surface area (Å²) < 4.78 is 40.6. The van der Waals surface area contributed by atoms with Crippen LogP contribution < -0.4 is 5.32 Å². The highest BCUT2D eigenvalue weighted by atomic mass is 19.3. The highest BCUT2D eigenvalue weighted by Crippen LogP contribution is 2.33. The molecular weight excluding hydrogens is 471 g/mol. The predicted molar refractivity (Wildman–Crippen MR) is 129 cm³/mol. The van der Waals surface area contributed by atoms with Gasteiger partial charge in [-0.3, -0.25) is 14.5 Å². The summed E-state index contributed by atoms with van der Waals surface area (Å²) in [4.78, 5) is 16.9. The van der Waals surface area contributed by atoms with E-state index in [-0.39, 0.29) is 38.3 Å². The number of carbonyl (C=O) groups is 1. The maximum atomic E-state index is 13.3. The van der Waals surface area contributed by atoms with E-state index in [0.717, 1.165) is 32.7 Å². The molecule has 0 atom stereocenters. The van der Waals surface area contributed by atoms with Crippen LogP contribution in [0.25, 0.3) is 22.2 Å². The van der Waals surface area contributed by atoms with Gasteiger partial charge < -0.3 is 15.3 Å². The van der Waals surface area contributed by atoms with E-state index >= 15 is 0 Å². The van der Waals surface area contributed by atoms with Crippen LogP contribution in [0.1, 0.15) is 12.8 Å². The number of aromatic nitrogens is 3. The van der Waals surface area contributed by atoms with Crippen molar-refractivity contribution in [1.82, 2.24) is 19.7 Å². The van der Waals surface area contributed by atoms with Gasteiger partial charge in [-0.05, 0) is 67.4 Å². The Morgan fingerprint density at radius 1 is 1.08 bits per heavy atom. The van der Waals surface area contributed by atoms with E-state index in [1.807, 2.05) is 30.3 Å². The molecule has 3 heterocycles. The van der Waals surface area contributed by atoms with Gasteiger partial charge in [0.25, 0.3) is 5.91 Å². The fraction of sp³-hybridized carbons (Fsp3) is 0.269. The van der Waals surface area contributed by atoms with E-state index in [0.29, 0.717) is 5.69 Å². The smallest absolute Gasteiger partial charge is 0.315 e. The minimum absolute atomic E-state index is 0.0556. The molecule has 36 heavy (non-hydrogen) atoms. The lowest BCUT2D eigenvalue weighted by molar-refractivity contribution is -0.147. The molecule has 7 nitrogen and oxygen atoms in total. The normalized spacial score (nSPS) is 15.4. The van der Waals surface area contributed by atoms with E-state index in [2.05, 4.69) is 10.3 Å². The summed E-state index contributed by atoms with van der Waals surface area (Å²) in [5, 5.41) is 20.1. The zero-order valence-corrected chi connectivity index (χ0v) is 19.2. The number of halogens is 3. The minimum Gasteiger partial charge on any atom is -0.388 e. The van der Waals surface area contributed by atoms with E-state index in [4.69, 9.17) is 5.10 Å². The molecule has 0 bridgehead atoms. The fourth-order valence-electron chi connectivity index (χ4n) is 4.51. The molecule has 2 N–H and O–H groups in total. The van der Waals surface area contributed by atoms with E-state index < -0.39 is 17.9 Å². The summed E-state index contributed by atoms with van der Waals surface area (Å²) >= 11 is 0. The maximum Gasteiger partial charge on any atom is 0.315 e. The molecule has 5 rings (SSSR count). The topological polar surface area (TPSA) is 83.3 Å². The SMILES string of the molecule is O=C(C(F)F)N1CCC(O)(Cn2nc(-c3cccnc3)c3cc(Nc4ccc(F)cc4)ccc32)CC1. The van der Waals surface area contributed by atoms with E-state index in [1.165, 1.54) is 12.1 Å². The average molecular weight is 496 g/mol. The first-order valence-corrected chi connectivity index (χ1v) is 11.5. The summed E-state index contributed by atoms with van der Waals surface area (Å²) in [5.74, 6) is -1.53. The molecule has 0 saturated carbocycles. The van der Waals surface area contributed by atoms with Crippen LogP contribution in [0.3, 0.4) is 0 Å². The molecular formula is C26H24F3N5O2.